The van der Waals surface area contributed by atoms with Crippen LogP contribution in [0.1, 0.15) is 15.2 Å². The van der Waals surface area contributed by atoms with Gasteiger partial charge in [0.2, 0.25) is 0 Å². The third kappa shape index (κ3) is 2.55. The van der Waals surface area contributed by atoms with Crippen LogP contribution in [-0.4, -0.2) is 18.9 Å². The summed E-state index contributed by atoms with van der Waals surface area (Å²) in [4.78, 5) is 11.9. The van der Waals surface area contributed by atoms with Gasteiger partial charge in [-0.15, -0.1) is 11.3 Å². The molecule has 1 heterocycles. The number of esters is 1. The van der Waals surface area contributed by atoms with Crippen molar-refractivity contribution in [3.05, 3.63) is 21.9 Å². The van der Waals surface area contributed by atoms with Gasteiger partial charge in [0.15, 0.2) is 0 Å². The van der Waals surface area contributed by atoms with Gasteiger partial charge in [-0.2, -0.15) is 0 Å². The lowest BCUT2D eigenvalue weighted by atomic mass is 10.2. The summed E-state index contributed by atoms with van der Waals surface area (Å²) in [7, 11) is 1.34. The van der Waals surface area contributed by atoms with E-state index >= 15 is 0 Å². The van der Waals surface area contributed by atoms with Crippen molar-refractivity contribution in [3.8, 4) is 0 Å². The van der Waals surface area contributed by atoms with E-state index in [0.29, 0.717) is 12.0 Å². The predicted octanol–water partition coefficient (Wildman–Crippen LogP) is 1.01. The number of carbonyl (C=O) groups excluding carboxylic acids is 1. The third-order valence-corrected chi connectivity index (χ3v) is 2.38. The maximum atomic E-state index is 11.0. The molecule has 0 spiro atoms. The van der Waals surface area contributed by atoms with Crippen LogP contribution in [0.3, 0.4) is 0 Å². The number of ether oxygens (including phenoxy) is 1. The number of carbonyl (C=O) groups is 1. The summed E-state index contributed by atoms with van der Waals surface area (Å²) >= 11 is 1.40. The Morgan fingerprint density at radius 3 is 3.00 bits per heavy atom. The number of hydrogen-bond acceptors (Lipinski definition) is 4. The summed E-state index contributed by atoms with van der Waals surface area (Å²) in [6.45, 7) is 0. The minimum absolute atomic E-state index is 0.0956. The highest BCUT2D eigenvalue weighted by Crippen LogP contribution is 2.15. The largest absolute Gasteiger partial charge is 0.465 e. The molecule has 0 saturated heterocycles. The first-order chi connectivity index (χ1) is 6.13. The van der Waals surface area contributed by atoms with E-state index in [-0.39, 0.29) is 11.8 Å². The molecule has 0 bridgehead atoms. The zero-order chi connectivity index (χ0) is 9.84. The summed E-state index contributed by atoms with van der Waals surface area (Å²) in [6.07, 6.45) is 0.391. The first kappa shape index (κ1) is 9.73. The number of methoxy groups -OCH3 is 1. The molecule has 4 nitrogen and oxygen atoms in total. The molecule has 1 aromatic rings. The van der Waals surface area contributed by atoms with E-state index < -0.39 is 0 Å². The van der Waals surface area contributed by atoms with Crippen LogP contribution < -0.4 is 5.73 Å². The molecular formula is C8H10N2O2S. The maximum absolute atomic E-state index is 11.0. The van der Waals surface area contributed by atoms with Crippen LogP contribution in [0, 0.1) is 5.41 Å². The van der Waals surface area contributed by atoms with Gasteiger partial charge >= 0.3 is 5.97 Å². The van der Waals surface area contributed by atoms with E-state index in [4.69, 9.17) is 11.1 Å². The molecule has 0 aromatic carbocycles. The molecule has 13 heavy (non-hydrogen) atoms. The fraction of sp³-hybridized carbons (Fsp3) is 0.250. The number of nitrogens with one attached hydrogen (secondary N) is 1. The Morgan fingerprint density at radius 2 is 2.46 bits per heavy atom. The van der Waals surface area contributed by atoms with E-state index in [0.717, 1.165) is 4.88 Å². The molecule has 0 aliphatic carbocycles. The van der Waals surface area contributed by atoms with Crippen molar-refractivity contribution in [3.63, 3.8) is 0 Å². The van der Waals surface area contributed by atoms with E-state index in [2.05, 4.69) is 4.74 Å². The topological polar surface area (TPSA) is 76.2 Å². The Bertz CT molecular complexity index is 333. The van der Waals surface area contributed by atoms with Gasteiger partial charge in [0, 0.05) is 16.7 Å². The number of amidine groups is 1. The van der Waals surface area contributed by atoms with Gasteiger partial charge < -0.3 is 10.5 Å². The van der Waals surface area contributed by atoms with Gasteiger partial charge in [-0.25, -0.2) is 4.79 Å². The first-order valence-electron chi connectivity index (χ1n) is 3.62. The van der Waals surface area contributed by atoms with Gasteiger partial charge in [0.1, 0.15) is 0 Å². The zero-order valence-electron chi connectivity index (χ0n) is 7.16. The minimum atomic E-state index is -0.356. The van der Waals surface area contributed by atoms with E-state index in [1.54, 1.807) is 11.4 Å². The van der Waals surface area contributed by atoms with Crippen molar-refractivity contribution in [1.29, 1.82) is 5.41 Å². The quantitative estimate of drug-likeness (QED) is 0.432. The average molecular weight is 198 g/mol. The van der Waals surface area contributed by atoms with Crippen LogP contribution in [0.5, 0.6) is 0 Å². The monoisotopic (exact) mass is 198 g/mol. The second kappa shape index (κ2) is 4.04. The molecule has 0 saturated carbocycles. The van der Waals surface area contributed by atoms with Crippen LogP contribution in [0.4, 0.5) is 0 Å². The second-order valence-electron chi connectivity index (χ2n) is 2.50. The number of nitrogens with two attached hydrogens (primary N) is 1. The van der Waals surface area contributed by atoms with Crippen LogP contribution in [0.25, 0.3) is 0 Å². The fourth-order valence-electron chi connectivity index (χ4n) is 0.886. The third-order valence-electron chi connectivity index (χ3n) is 1.44. The van der Waals surface area contributed by atoms with Gasteiger partial charge in [0.05, 0.1) is 18.5 Å². The summed E-state index contributed by atoms with van der Waals surface area (Å²) < 4.78 is 4.54. The zero-order valence-corrected chi connectivity index (χ0v) is 7.98. The molecule has 3 N–H and O–H groups in total. The normalized spacial score (nSPS) is 9.62. The number of thiophene rings is 1. The van der Waals surface area contributed by atoms with Crippen molar-refractivity contribution in [2.24, 2.45) is 5.73 Å². The molecule has 0 atom stereocenters. The number of hydrogen-bond donors (Lipinski definition) is 2. The Labute approximate surface area is 79.8 Å². The summed E-state index contributed by atoms with van der Waals surface area (Å²) in [6, 6.07) is 1.69. The first-order valence-corrected chi connectivity index (χ1v) is 4.50. The van der Waals surface area contributed by atoms with Crippen LogP contribution >= 0.6 is 11.3 Å². The second-order valence-corrected chi connectivity index (χ2v) is 3.49. The van der Waals surface area contributed by atoms with Gasteiger partial charge in [-0.3, -0.25) is 5.41 Å². The Hall–Kier alpha value is -1.36. The predicted molar refractivity (Wildman–Crippen MR) is 51.3 cm³/mol. The Morgan fingerprint density at radius 1 is 1.77 bits per heavy atom. The van der Waals surface area contributed by atoms with Gasteiger partial charge in [-0.1, -0.05) is 0 Å². The highest BCUT2D eigenvalue weighted by atomic mass is 32.1. The average Bonchev–Trinajstić information content (AvgIpc) is 2.50. The Balaban J connectivity index is 2.74. The van der Waals surface area contributed by atoms with E-state index in [9.17, 15) is 4.79 Å². The van der Waals surface area contributed by atoms with Crippen molar-refractivity contribution in [2.75, 3.05) is 7.11 Å². The lowest BCUT2D eigenvalue weighted by molar-refractivity contribution is 0.0601. The van der Waals surface area contributed by atoms with Crippen LogP contribution in [0.15, 0.2) is 11.4 Å². The molecule has 1 rings (SSSR count). The SMILES string of the molecule is COC(=O)c1csc(CC(=N)N)c1. The minimum Gasteiger partial charge on any atom is -0.465 e. The maximum Gasteiger partial charge on any atom is 0.338 e. The molecule has 0 aliphatic heterocycles. The van der Waals surface area contributed by atoms with Gasteiger partial charge in [-0.05, 0) is 6.07 Å². The molecule has 0 radical (unpaired) electrons. The molecule has 0 amide bonds. The van der Waals surface area contributed by atoms with Crippen LogP contribution in [0.2, 0.25) is 0 Å². The molecule has 5 heteroatoms. The highest BCUT2D eigenvalue weighted by molar-refractivity contribution is 7.10. The van der Waals surface area contributed by atoms with Crippen molar-refractivity contribution in [1.82, 2.24) is 0 Å². The summed E-state index contributed by atoms with van der Waals surface area (Å²) in [5.74, 6) is -0.260. The van der Waals surface area contributed by atoms with Crippen molar-refractivity contribution in [2.45, 2.75) is 6.42 Å². The van der Waals surface area contributed by atoms with E-state index in [1.807, 2.05) is 0 Å². The van der Waals surface area contributed by atoms with Gasteiger partial charge in [0.25, 0.3) is 0 Å². The number of rotatable bonds is 3. The lowest BCUT2D eigenvalue weighted by Gasteiger charge is -1.93. The lowest BCUT2D eigenvalue weighted by Crippen LogP contribution is -2.11. The van der Waals surface area contributed by atoms with E-state index in [1.165, 1.54) is 18.4 Å². The fourth-order valence-corrected chi connectivity index (χ4v) is 1.76. The molecule has 1 aromatic heterocycles. The van der Waals surface area contributed by atoms with Crippen molar-refractivity contribution >= 4 is 23.1 Å². The summed E-state index contributed by atoms with van der Waals surface area (Å²) in [5, 5.41) is 8.76. The molecule has 0 fully saturated rings. The highest BCUT2D eigenvalue weighted by Gasteiger charge is 2.08. The summed E-state index contributed by atoms with van der Waals surface area (Å²) in [5.41, 5.74) is 5.73. The molecular weight excluding hydrogens is 188 g/mol. The molecule has 0 unspecified atom stereocenters. The molecule has 70 valence electrons. The standard InChI is InChI=1S/C8H10N2O2S/c1-12-8(11)5-2-6(13-4-5)3-7(9)10/h2,4H,3H2,1H3,(H3,9,10). The Kier molecular flexibility index (Phi) is 3.02. The van der Waals surface area contributed by atoms with Crippen LogP contribution in [-0.2, 0) is 11.2 Å². The molecule has 0 aliphatic rings. The van der Waals surface area contributed by atoms with Crippen molar-refractivity contribution < 1.29 is 9.53 Å². The smallest absolute Gasteiger partial charge is 0.338 e.